The Balaban J connectivity index is 1.71. The van der Waals surface area contributed by atoms with Crippen LogP contribution >= 0.6 is 0 Å². The van der Waals surface area contributed by atoms with Gasteiger partial charge in [0.1, 0.15) is 0 Å². The van der Waals surface area contributed by atoms with Crippen LogP contribution in [-0.4, -0.2) is 4.98 Å². The maximum absolute atomic E-state index is 8.91. The van der Waals surface area contributed by atoms with Gasteiger partial charge in [0.25, 0.3) is 0 Å². The fraction of sp³-hybridized carbons (Fsp3) is 0.111. The zero-order valence-corrected chi connectivity index (χ0v) is 11.6. The van der Waals surface area contributed by atoms with Crippen molar-refractivity contribution in [1.82, 2.24) is 10.3 Å². The molecule has 3 nitrogen and oxygen atoms in total. The molecule has 0 radical (unpaired) electrons. The van der Waals surface area contributed by atoms with E-state index in [1.807, 2.05) is 42.7 Å². The van der Waals surface area contributed by atoms with Gasteiger partial charge >= 0.3 is 0 Å². The number of nitrogens with zero attached hydrogens (tertiary/aromatic N) is 2. The summed E-state index contributed by atoms with van der Waals surface area (Å²) in [4.78, 5) is 4.15. The summed E-state index contributed by atoms with van der Waals surface area (Å²) in [6, 6.07) is 18.1. The first-order valence-corrected chi connectivity index (χ1v) is 6.88. The second-order valence-electron chi connectivity index (χ2n) is 4.93. The molecule has 3 heteroatoms. The van der Waals surface area contributed by atoms with Gasteiger partial charge in [0.15, 0.2) is 0 Å². The van der Waals surface area contributed by atoms with Crippen LogP contribution in [0.4, 0.5) is 0 Å². The summed E-state index contributed by atoms with van der Waals surface area (Å²) in [7, 11) is 0. The first-order chi connectivity index (χ1) is 10.4. The minimum absolute atomic E-state index is 0.700. The van der Waals surface area contributed by atoms with Crippen molar-refractivity contribution >= 4 is 10.8 Å². The molecule has 21 heavy (non-hydrogen) atoms. The smallest absolute Gasteiger partial charge is 0.0991 e. The van der Waals surface area contributed by atoms with Crippen LogP contribution in [0.2, 0.25) is 0 Å². The lowest BCUT2D eigenvalue weighted by Gasteiger charge is -2.08. The normalized spacial score (nSPS) is 10.4. The van der Waals surface area contributed by atoms with E-state index in [4.69, 9.17) is 5.26 Å². The SMILES string of the molecule is N#Cc1cccc(CNCc2cccc3cnccc23)c1. The fourth-order valence-electron chi connectivity index (χ4n) is 2.44. The van der Waals surface area contributed by atoms with Gasteiger partial charge in [-0.15, -0.1) is 0 Å². The zero-order valence-electron chi connectivity index (χ0n) is 11.6. The molecular formula is C18H15N3. The van der Waals surface area contributed by atoms with Gasteiger partial charge in [-0.25, -0.2) is 0 Å². The summed E-state index contributed by atoms with van der Waals surface area (Å²) in [5.41, 5.74) is 3.08. The Kier molecular flexibility index (Phi) is 3.90. The van der Waals surface area contributed by atoms with Crippen molar-refractivity contribution in [3.8, 4) is 6.07 Å². The molecule has 0 atom stereocenters. The van der Waals surface area contributed by atoms with Crippen molar-refractivity contribution in [3.05, 3.63) is 77.6 Å². The highest BCUT2D eigenvalue weighted by Gasteiger charge is 2.01. The van der Waals surface area contributed by atoms with Crippen LogP contribution in [0.25, 0.3) is 10.8 Å². The minimum atomic E-state index is 0.700. The molecule has 0 aliphatic heterocycles. The largest absolute Gasteiger partial charge is 0.309 e. The average Bonchev–Trinajstić information content (AvgIpc) is 2.55. The van der Waals surface area contributed by atoms with E-state index in [1.54, 1.807) is 0 Å². The number of benzene rings is 2. The molecule has 0 saturated heterocycles. The van der Waals surface area contributed by atoms with Crippen LogP contribution in [0.5, 0.6) is 0 Å². The summed E-state index contributed by atoms with van der Waals surface area (Å²) >= 11 is 0. The molecule has 102 valence electrons. The maximum Gasteiger partial charge on any atom is 0.0991 e. The second kappa shape index (κ2) is 6.17. The molecule has 0 aliphatic rings. The average molecular weight is 273 g/mol. The minimum Gasteiger partial charge on any atom is -0.309 e. The van der Waals surface area contributed by atoms with Crippen LogP contribution in [-0.2, 0) is 13.1 Å². The number of aromatic nitrogens is 1. The Labute approximate surface area is 123 Å². The predicted octanol–water partition coefficient (Wildman–Crippen LogP) is 3.40. The van der Waals surface area contributed by atoms with Gasteiger partial charge in [0.05, 0.1) is 11.6 Å². The first-order valence-electron chi connectivity index (χ1n) is 6.88. The third-order valence-electron chi connectivity index (χ3n) is 3.47. The predicted molar refractivity (Wildman–Crippen MR) is 83.4 cm³/mol. The Morgan fingerprint density at radius 1 is 1.05 bits per heavy atom. The molecule has 0 bridgehead atoms. The van der Waals surface area contributed by atoms with Gasteiger partial charge in [-0.3, -0.25) is 4.98 Å². The lowest BCUT2D eigenvalue weighted by molar-refractivity contribution is 0.696. The molecule has 0 unspecified atom stereocenters. The number of fused-ring (bicyclic) bond motifs is 1. The van der Waals surface area contributed by atoms with Gasteiger partial charge in [-0.05, 0) is 34.7 Å². The Morgan fingerprint density at radius 2 is 1.95 bits per heavy atom. The highest BCUT2D eigenvalue weighted by Crippen LogP contribution is 2.17. The molecule has 0 fully saturated rings. The number of nitrogens with one attached hydrogen (secondary N) is 1. The van der Waals surface area contributed by atoms with Gasteiger partial charge < -0.3 is 5.32 Å². The molecule has 3 aromatic rings. The maximum atomic E-state index is 8.91. The number of rotatable bonds is 4. The molecule has 3 rings (SSSR count). The lowest BCUT2D eigenvalue weighted by Crippen LogP contribution is -2.13. The molecule has 0 amide bonds. The molecular weight excluding hydrogens is 258 g/mol. The third kappa shape index (κ3) is 3.07. The van der Waals surface area contributed by atoms with E-state index in [0.717, 1.165) is 24.0 Å². The van der Waals surface area contributed by atoms with Crippen molar-refractivity contribution in [2.45, 2.75) is 13.1 Å². The third-order valence-corrected chi connectivity index (χ3v) is 3.47. The lowest BCUT2D eigenvalue weighted by atomic mass is 10.1. The van der Waals surface area contributed by atoms with Crippen molar-refractivity contribution in [1.29, 1.82) is 5.26 Å². The molecule has 0 spiro atoms. The number of hydrogen-bond acceptors (Lipinski definition) is 3. The standard InChI is InChI=1S/C18H15N3/c19-10-14-3-1-4-15(9-14)11-21-13-17-6-2-5-16-12-20-8-7-18(16)17/h1-9,12,21H,11,13H2. The van der Waals surface area contributed by atoms with E-state index in [-0.39, 0.29) is 0 Å². The van der Waals surface area contributed by atoms with E-state index >= 15 is 0 Å². The van der Waals surface area contributed by atoms with E-state index in [0.29, 0.717) is 5.56 Å². The first kappa shape index (κ1) is 13.3. The Hall–Kier alpha value is -2.70. The van der Waals surface area contributed by atoms with Crippen LogP contribution in [0, 0.1) is 11.3 Å². The summed E-state index contributed by atoms with van der Waals surface area (Å²) < 4.78 is 0. The van der Waals surface area contributed by atoms with E-state index < -0.39 is 0 Å². The Morgan fingerprint density at radius 3 is 2.86 bits per heavy atom. The number of hydrogen-bond donors (Lipinski definition) is 1. The fourth-order valence-corrected chi connectivity index (χ4v) is 2.44. The molecule has 0 aliphatic carbocycles. The molecule has 1 heterocycles. The van der Waals surface area contributed by atoms with Crippen molar-refractivity contribution in [2.75, 3.05) is 0 Å². The van der Waals surface area contributed by atoms with Crippen LogP contribution in [0.1, 0.15) is 16.7 Å². The summed E-state index contributed by atoms with van der Waals surface area (Å²) in [6.45, 7) is 1.54. The van der Waals surface area contributed by atoms with Gasteiger partial charge in [-0.1, -0.05) is 30.3 Å². The van der Waals surface area contributed by atoms with E-state index in [1.165, 1.54) is 10.9 Å². The van der Waals surface area contributed by atoms with Crippen LogP contribution < -0.4 is 5.32 Å². The molecule has 1 aromatic heterocycles. The topological polar surface area (TPSA) is 48.7 Å². The van der Waals surface area contributed by atoms with Crippen molar-refractivity contribution in [2.24, 2.45) is 0 Å². The summed E-state index contributed by atoms with van der Waals surface area (Å²) in [5, 5.41) is 14.7. The number of pyridine rings is 1. The Bertz CT molecular complexity index is 797. The van der Waals surface area contributed by atoms with Gasteiger partial charge in [0.2, 0.25) is 0 Å². The van der Waals surface area contributed by atoms with Crippen molar-refractivity contribution < 1.29 is 0 Å². The summed E-state index contributed by atoms with van der Waals surface area (Å²) in [6.07, 6.45) is 3.71. The van der Waals surface area contributed by atoms with Crippen LogP contribution in [0.3, 0.4) is 0 Å². The molecule has 0 saturated carbocycles. The number of nitriles is 1. The second-order valence-corrected chi connectivity index (χ2v) is 4.93. The summed E-state index contributed by atoms with van der Waals surface area (Å²) in [5.74, 6) is 0. The highest BCUT2D eigenvalue weighted by molar-refractivity contribution is 5.84. The zero-order chi connectivity index (χ0) is 14.5. The molecule has 1 N–H and O–H groups in total. The quantitative estimate of drug-likeness (QED) is 0.792. The van der Waals surface area contributed by atoms with E-state index in [2.05, 4.69) is 34.6 Å². The van der Waals surface area contributed by atoms with Gasteiger partial charge in [0, 0.05) is 30.9 Å². The molecule has 2 aromatic carbocycles. The monoisotopic (exact) mass is 273 g/mol. The van der Waals surface area contributed by atoms with Gasteiger partial charge in [-0.2, -0.15) is 5.26 Å². The highest BCUT2D eigenvalue weighted by atomic mass is 14.8. The van der Waals surface area contributed by atoms with Crippen molar-refractivity contribution in [3.63, 3.8) is 0 Å². The van der Waals surface area contributed by atoms with Crippen LogP contribution in [0.15, 0.2) is 60.9 Å². The van der Waals surface area contributed by atoms with E-state index in [9.17, 15) is 0 Å².